The predicted octanol–water partition coefficient (Wildman–Crippen LogP) is 5.23. The van der Waals surface area contributed by atoms with Crippen molar-refractivity contribution >= 4 is 37.6 Å². The van der Waals surface area contributed by atoms with Gasteiger partial charge >= 0.3 is 26.3 Å². The van der Waals surface area contributed by atoms with E-state index in [0.717, 1.165) is 11.1 Å². The van der Waals surface area contributed by atoms with Gasteiger partial charge in [-0.2, -0.15) is 16.8 Å². The van der Waals surface area contributed by atoms with Crippen molar-refractivity contribution in [3.8, 4) is 11.5 Å². The van der Waals surface area contributed by atoms with E-state index in [1.54, 1.807) is 12.1 Å². The third-order valence-corrected chi connectivity index (χ3v) is 7.94. The number of aryl methyl sites for hydroxylation is 2. The first-order valence-electron chi connectivity index (χ1n) is 12.4. The number of anilines is 2. The molecule has 2 N–H and O–H groups in total. The van der Waals surface area contributed by atoms with Crippen molar-refractivity contribution in [1.29, 1.82) is 0 Å². The fourth-order valence-electron chi connectivity index (χ4n) is 3.66. The Morgan fingerprint density at radius 3 is 1.65 bits per heavy atom. The van der Waals surface area contributed by atoms with Gasteiger partial charge in [-0.05, 0) is 60.4 Å². The number of urea groups is 1. The van der Waals surface area contributed by atoms with Crippen LogP contribution in [0, 0.1) is 0 Å². The van der Waals surface area contributed by atoms with Crippen LogP contribution in [0.5, 0.6) is 11.5 Å². The summed E-state index contributed by atoms with van der Waals surface area (Å²) in [6.07, 6.45) is 0.607. The number of benzene rings is 4. The minimum Gasteiger partial charge on any atom is -0.382 e. The molecule has 0 unspecified atom stereocenters. The van der Waals surface area contributed by atoms with Crippen LogP contribution in [0.3, 0.4) is 0 Å². The van der Waals surface area contributed by atoms with Gasteiger partial charge in [0.2, 0.25) is 0 Å². The molecular formula is C29H28N2O7S2. The lowest BCUT2D eigenvalue weighted by molar-refractivity contribution is 0.262. The second kappa shape index (κ2) is 13.1. The van der Waals surface area contributed by atoms with Crippen LogP contribution in [-0.4, -0.2) is 34.4 Å². The summed E-state index contributed by atoms with van der Waals surface area (Å²) >= 11 is 0. The van der Waals surface area contributed by atoms with Gasteiger partial charge in [0.1, 0.15) is 5.75 Å². The number of hydrogen-bond donors (Lipinski definition) is 2. The minimum absolute atomic E-state index is 0.0184. The summed E-state index contributed by atoms with van der Waals surface area (Å²) in [6, 6.07) is 29.7. The molecule has 0 aliphatic heterocycles. The SMILES string of the molecule is O=C(Nc1ccc(OS(=O)(=O)CCc2ccccc2)cc1)Nc1ccccc1OS(=O)(=O)CCc1ccccc1. The van der Waals surface area contributed by atoms with E-state index in [4.69, 9.17) is 8.37 Å². The quantitative estimate of drug-likeness (QED) is 0.220. The van der Waals surface area contributed by atoms with E-state index in [9.17, 15) is 21.6 Å². The first-order chi connectivity index (χ1) is 19.2. The molecule has 4 rings (SSSR count). The summed E-state index contributed by atoms with van der Waals surface area (Å²) < 4.78 is 60.2. The van der Waals surface area contributed by atoms with Crippen LogP contribution < -0.4 is 19.0 Å². The van der Waals surface area contributed by atoms with Crippen LogP contribution in [-0.2, 0) is 33.1 Å². The molecule has 0 heterocycles. The molecule has 2 amide bonds. The number of amides is 2. The maximum atomic E-state index is 12.6. The highest BCUT2D eigenvalue weighted by molar-refractivity contribution is 7.87. The van der Waals surface area contributed by atoms with E-state index in [0.29, 0.717) is 12.1 Å². The fourth-order valence-corrected chi connectivity index (χ4v) is 5.62. The molecular weight excluding hydrogens is 552 g/mol. The molecule has 0 saturated carbocycles. The van der Waals surface area contributed by atoms with Gasteiger partial charge < -0.3 is 19.0 Å². The maximum absolute atomic E-state index is 12.6. The van der Waals surface area contributed by atoms with Crippen LogP contribution >= 0.6 is 0 Å². The van der Waals surface area contributed by atoms with E-state index >= 15 is 0 Å². The molecule has 4 aromatic rings. The highest BCUT2D eigenvalue weighted by Gasteiger charge is 2.17. The van der Waals surface area contributed by atoms with Crippen LogP contribution in [0.2, 0.25) is 0 Å². The number of rotatable bonds is 12. The second-order valence-corrected chi connectivity index (χ2v) is 12.1. The molecule has 0 aliphatic carbocycles. The van der Waals surface area contributed by atoms with E-state index in [-0.39, 0.29) is 35.1 Å². The van der Waals surface area contributed by atoms with Gasteiger partial charge in [0.15, 0.2) is 5.75 Å². The van der Waals surface area contributed by atoms with Crippen LogP contribution in [0.25, 0.3) is 0 Å². The van der Waals surface area contributed by atoms with Crippen LogP contribution in [0.15, 0.2) is 109 Å². The largest absolute Gasteiger partial charge is 0.382 e. The molecule has 0 radical (unpaired) electrons. The zero-order valence-corrected chi connectivity index (χ0v) is 23.0. The van der Waals surface area contributed by atoms with Gasteiger partial charge in [0.25, 0.3) is 0 Å². The molecule has 0 aliphatic rings. The normalized spacial score (nSPS) is 11.4. The molecule has 0 atom stereocenters. The summed E-state index contributed by atoms with van der Waals surface area (Å²) in [6.45, 7) is 0. The molecule has 9 nitrogen and oxygen atoms in total. The lowest BCUT2D eigenvalue weighted by atomic mass is 10.2. The molecule has 4 aromatic carbocycles. The number of carbonyl (C=O) groups excluding carboxylic acids is 1. The van der Waals surface area contributed by atoms with Crippen LogP contribution in [0.1, 0.15) is 11.1 Å². The second-order valence-electron chi connectivity index (χ2n) is 8.76. The molecule has 0 aromatic heterocycles. The summed E-state index contributed by atoms with van der Waals surface area (Å²) in [4.78, 5) is 12.6. The van der Waals surface area contributed by atoms with Crippen molar-refractivity contribution < 1.29 is 30.0 Å². The van der Waals surface area contributed by atoms with Crippen molar-refractivity contribution in [2.75, 3.05) is 22.1 Å². The lowest BCUT2D eigenvalue weighted by Crippen LogP contribution is -2.21. The Morgan fingerprint density at radius 1 is 0.575 bits per heavy atom. The Bertz CT molecular complexity index is 1630. The fraction of sp³-hybridized carbons (Fsp3) is 0.138. The average molecular weight is 581 g/mol. The van der Waals surface area contributed by atoms with Gasteiger partial charge in [-0.25, -0.2) is 4.79 Å². The third kappa shape index (κ3) is 9.14. The lowest BCUT2D eigenvalue weighted by Gasteiger charge is -2.13. The molecule has 208 valence electrons. The van der Waals surface area contributed by atoms with Gasteiger partial charge in [0, 0.05) is 5.69 Å². The predicted molar refractivity (Wildman–Crippen MR) is 155 cm³/mol. The Kier molecular flexibility index (Phi) is 9.41. The topological polar surface area (TPSA) is 128 Å². The van der Waals surface area contributed by atoms with Crippen molar-refractivity contribution in [2.24, 2.45) is 0 Å². The van der Waals surface area contributed by atoms with Gasteiger partial charge in [-0.15, -0.1) is 0 Å². The molecule has 40 heavy (non-hydrogen) atoms. The summed E-state index contributed by atoms with van der Waals surface area (Å²) in [5, 5.41) is 5.18. The Hall–Kier alpha value is -4.35. The van der Waals surface area contributed by atoms with Gasteiger partial charge in [0.05, 0.1) is 17.2 Å². The summed E-state index contributed by atoms with van der Waals surface area (Å²) in [5.74, 6) is -0.315. The van der Waals surface area contributed by atoms with Crippen molar-refractivity contribution in [2.45, 2.75) is 12.8 Å². The number of para-hydroxylation sites is 2. The smallest absolute Gasteiger partial charge is 0.323 e. The molecule has 0 spiro atoms. The standard InChI is InChI=1S/C29H28N2O7S2/c32-29(30-25-15-17-26(18-16-25)37-39(33,34)21-19-23-9-3-1-4-10-23)31-27-13-7-8-14-28(27)38-40(35,36)22-20-24-11-5-2-6-12-24/h1-18H,19-22H2,(H2,30,31,32). The Balaban J connectivity index is 1.31. The summed E-state index contributed by atoms with van der Waals surface area (Å²) in [7, 11) is -7.74. The monoisotopic (exact) mass is 580 g/mol. The zero-order valence-electron chi connectivity index (χ0n) is 21.4. The highest BCUT2D eigenvalue weighted by atomic mass is 32.2. The van der Waals surface area contributed by atoms with Crippen LogP contribution in [0.4, 0.5) is 16.2 Å². The molecule has 11 heteroatoms. The van der Waals surface area contributed by atoms with E-state index in [2.05, 4.69) is 10.6 Å². The van der Waals surface area contributed by atoms with Crippen molar-refractivity contribution in [3.05, 3.63) is 120 Å². The highest BCUT2D eigenvalue weighted by Crippen LogP contribution is 2.26. The van der Waals surface area contributed by atoms with Crippen molar-refractivity contribution in [3.63, 3.8) is 0 Å². The van der Waals surface area contributed by atoms with E-state index in [1.165, 1.54) is 36.4 Å². The Labute approximate surface area is 234 Å². The first kappa shape index (κ1) is 28.7. The maximum Gasteiger partial charge on any atom is 0.323 e. The zero-order chi connectivity index (χ0) is 28.4. The van der Waals surface area contributed by atoms with E-state index < -0.39 is 26.3 Å². The molecule has 0 bridgehead atoms. The van der Waals surface area contributed by atoms with Gasteiger partial charge in [-0.3, -0.25) is 0 Å². The number of carbonyl (C=O) groups is 1. The van der Waals surface area contributed by atoms with Crippen molar-refractivity contribution in [1.82, 2.24) is 0 Å². The van der Waals surface area contributed by atoms with Gasteiger partial charge in [-0.1, -0.05) is 72.8 Å². The molecule has 0 saturated heterocycles. The molecule has 0 fully saturated rings. The first-order valence-corrected chi connectivity index (χ1v) is 15.5. The minimum atomic E-state index is -3.92. The number of nitrogens with one attached hydrogen (secondary N) is 2. The average Bonchev–Trinajstić information content (AvgIpc) is 2.94. The Morgan fingerprint density at radius 2 is 1.07 bits per heavy atom. The number of hydrogen-bond acceptors (Lipinski definition) is 7. The summed E-state index contributed by atoms with van der Waals surface area (Å²) in [5.41, 5.74) is 2.27. The van der Waals surface area contributed by atoms with E-state index in [1.807, 2.05) is 60.7 Å². The third-order valence-electron chi connectivity index (χ3n) is 5.65.